The van der Waals surface area contributed by atoms with Gasteiger partial charge in [-0.2, -0.15) is 0 Å². The van der Waals surface area contributed by atoms with E-state index in [0.717, 1.165) is 18.4 Å². The van der Waals surface area contributed by atoms with Crippen LogP contribution in [0.2, 0.25) is 0 Å². The van der Waals surface area contributed by atoms with E-state index in [1.54, 1.807) is 0 Å². The molecular formula is C16H24O. The van der Waals surface area contributed by atoms with E-state index in [1.807, 2.05) is 0 Å². The summed E-state index contributed by atoms with van der Waals surface area (Å²) in [6, 6.07) is 10.5. The SMILES string of the molecule is CC(C)C1CCC(OCc2ccccc2)CC1. The molecule has 1 saturated carbocycles. The largest absolute Gasteiger partial charge is 0.374 e. The predicted octanol–water partition coefficient (Wildman–Crippen LogP) is 4.42. The van der Waals surface area contributed by atoms with Gasteiger partial charge in [0.25, 0.3) is 0 Å². The summed E-state index contributed by atoms with van der Waals surface area (Å²) in [6.45, 7) is 5.46. The summed E-state index contributed by atoms with van der Waals surface area (Å²) in [5.41, 5.74) is 1.29. The lowest BCUT2D eigenvalue weighted by molar-refractivity contribution is 0.00257. The monoisotopic (exact) mass is 232 g/mol. The van der Waals surface area contributed by atoms with Crippen LogP contribution in [0.15, 0.2) is 30.3 Å². The van der Waals surface area contributed by atoms with Gasteiger partial charge >= 0.3 is 0 Å². The van der Waals surface area contributed by atoms with Crippen molar-refractivity contribution in [3.8, 4) is 0 Å². The number of hydrogen-bond acceptors (Lipinski definition) is 1. The van der Waals surface area contributed by atoms with E-state index in [1.165, 1.54) is 31.2 Å². The van der Waals surface area contributed by atoms with Crippen molar-refractivity contribution in [2.24, 2.45) is 11.8 Å². The second-order valence-corrected chi connectivity index (χ2v) is 5.58. The molecule has 0 radical (unpaired) electrons. The minimum Gasteiger partial charge on any atom is -0.374 e. The first-order chi connectivity index (χ1) is 8.25. The highest BCUT2D eigenvalue weighted by molar-refractivity contribution is 5.13. The first-order valence-corrected chi connectivity index (χ1v) is 6.91. The van der Waals surface area contributed by atoms with Crippen LogP contribution in [0.4, 0.5) is 0 Å². The van der Waals surface area contributed by atoms with E-state index in [2.05, 4.69) is 44.2 Å². The van der Waals surface area contributed by atoms with E-state index in [-0.39, 0.29) is 0 Å². The van der Waals surface area contributed by atoms with E-state index in [0.29, 0.717) is 6.10 Å². The van der Waals surface area contributed by atoms with E-state index >= 15 is 0 Å². The highest BCUT2D eigenvalue weighted by atomic mass is 16.5. The van der Waals surface area contributed by atoms with Gasteiger partial charge in [0, 0.05) is 0 Å². The van der Waals surface area contributed by atoms with Gasteiger partial charge < -0.3 is 4.74 Å². The van der Waals surface area contributed by atoms with Crippen LogP contribution in [0.3, 0.4) is 0 Å². The molecule has 94 valence electrons. The minimum absolute atomic E-state index is 0.491. The molecule has 0 saturated heterocycles. The second kappa shape index (κ2) is 6.20. The van der Waals surface area contributed by atoms with Gasteiger partial charge in [-0.25, -0.2) is 0 Å². The quantitative estimate of drug-likeness (QED) is 0.746. The van der Waals surface area contributed by atoms with E-state index in [4.69, 9.17) is 4.74 Å². The van der Waals surface area contributed by atoms with Crippen LogP contribution in [-0.2, 0) is 11.3 Å². The molecule has 2 rings (SSSR count). The molecule has 1 aromatic carbocycles. The van der Waals surface area contributed by atoms with Crippen LogP contribution in [0, 0.1) is 11.8 Å². The molecule has 0 N–H and O–H groups in total. The second-order valence-electron chi connectivity index (χ2n) is 5.58. The molecule has 0 amide bonds. The number of benzene rings is 1. The fourth-order valence-corrected chi connectivity index (χ4v) is 2.71. The van der Waals surface area contributed by atoms with Crippen LogP contribution >= 0.6 is 0 Å². The minimum atomic E-state index is 0.491. The number of hydrogen-bond donors (Lipinski definition) is 0. The molecule has 17 heavy (non-hydrogen) atoms. The Morgan fingerprint density at radius 1 is 1.06 bits per heavy atom. The van der Waals surface area contributed by atoms with E-state index in [9.17, 15) is 0 Å². The van der Waals surface area contributed by atoms with Crippen molar-refractivity contribution in [1.82, 2.24) is 0 Å². The maximum Gasteiger partial charge on any atom is 0.0720 e. The van der Waals surface area contributed by atoms with E-state index < -0.39 is 0 Å². The Morgan fingerprint density at radius 2 is 1.71 bits per heavy atom. The standard InChI is InChI=1S/C16H24O/c1-13(2)15-8-10-16(11-9-15)17-12-14-6-4-3-5-7-14/h3-7,13,15-16H,8-12H2,1-2H3. The lowest BCUT2D eigenvalue weighted by Crippen LogP contribution is -2.24. The zero-order valence-electron chi connectivity index (χ0n) is 11.1. The van der Waals surface area contributed by atoms with Crippen LogP contribution < -0.4 is 0 Å². The predicted molar refractivity (Wildman–Crippen MR) is 71.8 cm³/mol. The third-order valence-electron chi connectivity index (χ3n) is 3.99. The lowest BCUT2D eigenvalue weighted by Gasteiger charge is -2.30. The molecule has 0 atom stereocenters. The fourth-order valence-electron chi connectivity index (χ4n) is 2.71. The molecule has 0 spiro atoms. The van der Waals surface area contributed by atoms with Gasteiger partial charge in [0.15, 0.2) is 0 Å². The van der Waals surface area contributed by atoms with Crippen LogP contribution in [0.5, 0.6) is 0 Å². The van der Waals surface area contributed by atoms with Gasteiger partial charge in [-0.3, -0.25) is 0 Å². The summed E-state index contributed by atoms with van der Waals surface area (Å²) in [6.07, 6.45) is 5.67. The van der Waals surface area contributed by atoms with Crippen molar-refractivity contribution in [3.05, 3.63) is 35.9 Å². The van der Waals surface area contributed by atoms with Crippen molar-refractivity contribution in [2.45, 2.75) is 52.2 Å². The third-order valence-corrected chi connectivity index (χ3v) is 3.99. The first kappa shape index (κ1) is 12.6. The Morgan fingerprint density at radius 3 is 2.29 bits per heavy atom. The molecule has 1 heteroatoms. The van der Waals surface area contributed by atoms with Crippen LogP contribution in [0.25, 0.3) is 0 Å². The Labute approximate surface area is 105 Å². The summed E-state index contributed by atoms with van der Waals surface area (Å²) >= 11 is 0. The summed E-state index contributed by atoms with van der Waals surface area (Å²) in [4.78, 5) is 0. The maximum absolute atomic E-state index is 6.00. The molecule has 1 fully saturated rings. The highest BCUT2D eigenvalue weighted by Crippen LogP contribution is 2.31. The smallest absolute Gasteiger partial charge is 0.0720 e. The van der Waals surface area contributed by atoms with Crippen molar-refractivity contribution >= 4 is 0 Å². The van der Waals surface area contributed by atoms with Gasteiger partial charge in [-0.05, 0) is 43.1 Å². The van der Waals surface area contributed by atoms with Crippen LogP contribution in [0.1, 0.15) is 45.1 Å². The lowest BCUT2D eigenvalue weighted by atomic mass is 9.80. The molecule has 0 bridgehead atoms. The molecule has 0 aromatic heterocycles. The van der Waals surface area contributed by atoms with Gasteiger partial charge in [-0.15, -0.1) is 0 Å². The van der Waals surface area contributed by atoms with Crippen molar-refractivity contribution in [2.75, 3.05) is 0 Å². The normalized spacial score (nSPS) is 25.1. The Bertz CT molecular complexity index is 310. The summed E-state index contributed by atoms with van der Waals surface area (Å²) in [5, 5.41) is 0. The van der Waals surface area contributed by atoms with Gasteiger partial charge in [-0.1, -0.05) is 44.2 Å². The Hall–Kier alpha value is -0.820. The van der Waals surface area contributed by atoms with Crippen molar-refractivity contribution < 1.29 is 4.74 Å². The average molecular weight is 232 g/mol. The highest BCUT2D eigenvalue weighted by Gasteiger charge is 2.23. The zero-order valence-corrected chi connectivity index (χ0v) is 11.1. The van der Waals surface area contributed by atoms with Crippen molar-refractivity contribution in [3.63, 3.8) is 0 Å². The molecule has 0 aliphatic heterocycles. The van der Waals surface area contributed by atoms with Gasteiger partial charge in [0.1, 0.15) is 0 Å². The molecule has 1 aromatic rings. The molecule has 1 aliphatic carbocycles. The fraction of sp³-hybridized carbons (Fsp3) is 0.625. The summed E-state index contributed by atoms with van der Waals surface area (Å²) < 4.78 is 6.00. The van der Waals surface area contributed by atoms with Crippen LogP contribution in [-0.4, -0.2) is 6.10 Å². The Kier molecular flexibility index (Phi) is 4.61. The average Bonchev–Trinajstić information content (AvgIpc) is 2.38. The van der Waals surface area contributed by atoms with Gasteiger partial charge in [0.05, 0.1) is 12.7 Å². The molecule has 1 nitrogen and oxygen atoms in total. The maximum atomic E-state index is 6.00. The Balaban J connectivity index is 1.72. The first-order valence-electron chi connectivity index (χ1n) is 6.91. The molecular weight excluding hydrogens is 208 g/mol. The summed E-state index contributed by atoms with van der Waals surface area (Å²) in [7, 11) is 0. The third kappa shape index (κ3) is 3.85. The van der Waals surface area contributed by atoms with Gasteiger partial charge in [0.2, 0.25) is 0 Å². The molecule has 0 unspecified atom stereocenters. The molecule has 0 heterocycles. The zero-order chi connectivity index (χ0) is 12.1. The summed E-state index contributed by atoms with van der Waals surface area (Å²) in [5.74, 6) is 1.76. The molecule has 1 aliphatic rings. The number of ether oxygens (including phenoxy) is 1. The number of rotatable bonds is 4. The van der Waals surface area contributed by atoms with Crippen molar-refractivity contribution in [1.29, 1.82) is 0 Å². The topological polar surface area (TPSA) is 9.23 Å².